The number of carbonyl (C=O) groups excluding carboxylic acids is 3. The van der Waals surface area contributed by atoms with Crippen LogP contribution in [0.4, 0.5) is 15.6 Å². The van der Waals surface area contributed by atoms with Gasteiger partial charge in [0.25, 0.3) is 0 Å². The number of para-hydroxylation sites is 1. The summed E-state index contributed by atoms with van der Waals surface area (Å²) < 4.78 is 0. The van der Waals surface area contributed by atoms with E-state index in [1.165, 1.54) is 11.3 Å². The Morgan fingerprint density at radius 1 is 1.24 bits per heavy atom. The van der Waals surface area contributed by atoms with E-state index in [0.717, 1.165) is 0 Å². The third kappa shape index (κ3) is 4.54. The molecule has 2 heterocycles. The van der Waals surface area contributed by atoms with Gasteiger partial charge in [-0.25, -0.2) is 9.78 Å². The van der Waals surface area contributed by atoms with Crippen molar-refractivity contribution >= 4 is 40.0 Å². The van der Waals surface area contributed by atoms with Crippen LogP contribution >= 0.6 is 11.3 Å². The van der Waals surface area contributed by atoms with Crippen LogP contribution < -0.4 is 20.9 Å². The van der Waals surface area contributed by atoms with Crippen LogP contribution in [-0.4, -0.2) is 42.5 Å². The molecular formula is C16H17N5O3S. The van der Waals surface area contributed by atoms with E-state index in [1.807, 2.05) is 18.2 Å². The van der Waals surface area contributed by atoms with E-state index >= 15 is 0 Å². The maximum atomic E-state index is 11.9. The van der Waals surface area contributed by atoms with E-state index in [2.05, 4.69) is 20.9 Å². The molecule has 130 valence electrons. The van der Waals surface area contributed by atoms with E-state index in [1.54, 1.807) is 22.4 Å². The molecule has 1 aromatic heterocycles. The van der Waals surface area contributed by atoms with Crippen molar-refractivity contribution in [1.29, 1.82) is 0 Å². The zero-order valence-corrected chi connectivity index (χ0v) is 14.1. The number of rotatable bonds is 6. The lowest BCUT2D eigenvalue weighted by molar-refractivity contribution is -0.123. The Morgan fingerprint density at radius 3 is 2.76 bits per heavy atom. The van der Waals surface area contributed by atoms with Gasteiger partial charge in [0.1, 0.15) is 0 Å². The monoisotopic (exact) mass is 359 g/mol. The lowest BCUT2D eigenvalue weighted by Gasteiger charge is -2.08. The molecule has 0 radical (unpaired) electrons. The van der Waals surface area contributed by atoms with E-state index in [4.69, 9.17) is 0 Å². The Labute approximate surface area is 148 Å². The molecule has 0 aliphatic carbocycles. The first kappa shape index (κ1) is 16.9. The number of urea groups is 1. The normalized spacial score (nSPS) is 13.4. The zero-order valence-electron chi connectivity index (χ0n) is 13.3. The van der Waals surface area contributed by atoms with Gasteiger partial charge in [0, 0.05) is 24.2 Å². The largest absolute Gasteiger partial charge is 0.347 e. The standard InChI is InChI=1S/C16H17N5O3S/c22-13(18-9-14(23)19-11-4-2-1-3-5-11)8-12-10-25-16(20-12)21-7-6-17-15(21)24/h1-5,10H,6-9H2,(H,17,24)(H,18,22)(H,19,23). The number of aromatic nitrogens is 1. The maximum Gasteiger partial charge on any atom is 0.323 e. The third-order valence-electron chi connectivity index (χ3n) is 3.47. The van der Waals surface area contributed by atoms with Gasteiger partial charge in [-0.05, 0) is 12.1 Å². The predicted molar refractivity (Wildman–Crippen MR) is 94.6 cm³/mol. The molecule has 0 spiro atoms. The average Bonchev–Trinajstić information content (AvgIpc) is 3.22. The first-order chi connectivity index (χ1) is 12.1. The number of anilines is 2. The first-order valence-electron chi connectivity index (χ1n) is 7.73. The molecule has 0 bridgehead atoms. The van der Waals surface area contributed by atoms with E-state index in [-0.39, 0.29) is 30.8 Å². The van der Waals surface area contributed by atoms with E-state index in [9.17, 15) is 14.4 Å². The zero-order chi connectivity index (χ0) is 17.6. The molecule has 25 heavy (non-hydrogen) atoms. The number of nitrogens with zero attached hydrogens (tertiary/aromatic N) is 2. The fourth-order valence-corrected chi connectivity index (χ4v) is 3.14. The summed E-state index contributed by atoms with van der Waals surface area (Å²) in [7, 11) is 0. The quantitative estimate of drug-likeness (QED) is 0.715. The van der Waals surface area contributed by atoms with Crippen molar-refractivity contribution in [2.45, 2.75) is 6.42 Å². The number of thiazole rings is 1. The van der Waals surface area contributed by atoms with Crippen LogP contribution in [0.5, 0.6) is 0 Å². The lowest BCUT2D eigenvalue weighted by atomic mass is 10.3. The fourth-order valence-electron chi connectivity index (χ4n) is 2.29. The number of nitrogens with one attached hydrogen (secondary N) is 3. The van der Waals surface area contributed by atoms with Gasteiger partial charge in [0.2, 0.25) is 11.8 Å². The Hall–Kier alpha value is -2.94. The summed E-state index contributed by atoms with van der Waals surface area (Å²) in [5, 5.41) is 10.3. The Kier molecular flexibility index (Phi) is 5.24. The van der Waals surface area contributed by atoms with Gasteiger partial charge in [0.15, 0.2) is 5.13 Å². The van der Waals surface area contributed by atoms with Crippen molar-refractivity contribution in [1.82, 2.24) is 15.6 Å². The topological polar surface area (TPSA) is 103 Å². The molecule has 1 fully saturated rings. The minimum atomic E-state index is -0.300. The Bertz CT molecular complexity index is 777. The van der Waals surface area contributed by atoms with Crippen LogP contribution in [0.3, 0.4) is 0 Å². The van der Waals surface area contributed by atoms with Crippen molar-refractivity contribution in [3.05, 3.63) is 41.4 Å². The van der Waals surface area contributed by atoms with E-state index < -0.39 is 0 Å². The van der Waals surface area contributed by atoms with Crippen LogP contribution in [-0.2, 0) is 16.0 Å². The van der Waals surface area contributed by atoms with Crippen LogP contribution in [0.1, 0.15) is 5.69 Å². The van der Waals surface area contributed by atoms with Gasteiger partial charge < -0.3 is 16.0 Å². The summed E-state index contributed by atoms with van der Waals surface area (Å²) in [6.07, 6.45) is 0.0601. The molecule has 1 aliphatic heterocycles. The second-order valence-corrected chi connectivity index (χ2v) is 6.21. The molecule has 1 aliphatic rings. The molecule has 3 N–H and O–H groups in total. The van der Waals surface area contributed by atoms with Crippen LogP contribution in [0, 0.1) is 0 Å². The maximum absolute atomic E-state index is 11.9. The van der Waals surface area contributed by atoms with Gasteiger partial charge >= 0.3 is 6.03 Å². The highest BCUT2D eigenvalue weighted by Gasteiger charge is 2.24. The second kappa shape index (κ2) is 7.75. The summed E-state index contributed by atoms with van der Waals surface area (Å²) >= 11 is 1.31. The highest BCUT2D eigenvalue weighted by molar-refractivity contribution is 7.14. The Balaban J connectivity index is 1.45. The number of hydrogen-bond acceptors (Lipinski definition) is 5. The molecular weight excluding hydrogens is 342 g/mol. The van der Waals surface area contributed by atoms with Gasteiger partial charge in [-0.3, -0.25) is 14.5 Å². The molecule has 9 heteroatoms. The van der Waals surface area contributed by atoms with Crippen LogP contribution in [0.15, 0.2) is 35.7 Å². The van der Waals surface area contributed by atoms with Gasteiger partial charge in [-0.15, -0.1) is 11.3 Å². The number of benzene rings is 1. The summed E-state index contributed by atoms with van der Waals surface area (Å²) in [6, 6.07) is 8.84. The van der Waals surface area contributed by atoms with Crippen molar-refractivity contribution in [3.8, 4) is 0 Å². The summed E-state index contributed by atoms with van der Waals surface area (Å²) in [5.74, 6) is -0.599. The molecule has 0 atom stereocenters. The molecule has 0 unspecified atom stereocenters. The lowest BCUT2D eigenvalue weighted by Crippen LogP contribution is -2.33. The van der Waals surface area contributed by atoms with Crippen molar-refractivity contribution in [2.75, 3.05) is 29.9 Å². The molecule has 8 nitrogen and oxygen atoms in total. The number of carbonyl (C=O) groups is 3. The highest BCUT2D eigenvalue weighted by atomic mass is 32.1. The van der Waals surface area contributed by atoms with Gasteiger partial charge in [-0.1, -0.05) is 18.2 Å². The highest BCUT2D eigenvalue weighted by Crippen LogP contribution is 2.22. The summed E-state index contributed by atoms with van der Waals surface area (Å²) in [5.41, 5.74) is 1.25. The molecule has 0 saturated carbocycles. The molecule has 4 amide bonds. The summed E-state index contributed by atoms with van der Waals surface area (Å²) in [6.45, 7) is 1.04. The Morgan fingerprint density at radius 2 is 2.04 bits per heavy atom. The smallest absolute Gasteiger partial charge is 0.323 e. The molecule has 2 aromatic rings. The minimum Gasteiger partial charge on any atom is -0.347 e. The SMILES string of the molecule is O=C(Cc1csc(N2CCNC2=O)n1)NCC(=O)Nc1ccccc1. The molecule has 3 rings (SSSR count). The second-order valence-electron chi connectivity index (χ2n) is 5.37. The molecule has 1 aromatic carbocycles. The van der Waals surface area contributed by atoms with Gasteiger partial charge in [-0.2, -0.15) is 0 Å². The first-order valence-corrected chi connectivity index (χ1v) is 8.61. The molecule has 1 saturated heterocycles. The van der Waals surface area contributed by atoms with Crippen LogP contribution in [0.25, 0.3) is 0 Å². The fraction of sp³-hybridized carbons (Fsp3) is 0.250. The van der Waals surface area contributed by atoms with Crippen LogP contribution in [0.2, 0.25) is 0 Å². The van der Waals surface area contributed by atoms with Gasteiger partial charge in [0.05, 0.1) is 18.7 Å². The number of amides is 4. The van der Waals surface area contributed by atoms with Crippen molar-refractivity contribution in [3.63, 3.8) is 0 Å². The van der Waals surface area contributed by atoms with Crippen molar-refractivity contribution < 1.29 is 14.4 Å². The third-order valence-corrected chi connectivity index (χ3v) is 4.39. The van der Waals surface area contributed by atoms with E-state index in [0.29, 0.717) is 29.6 Å². The number of hydrogen-bond donors (Lipinski definition) is 3. The van der Waals surface area contributed by atoms with Crippen molar-refractivity contribution in [2.24, 2.45) is 0 Å². The average molecular weight is 359 g/mol. The summed E-state index contributed by atoms with van der Waals surface area (Å²) in [4.78, 5) is 41.2. The minimum absolute atomic E-state index is 0.0601. The predicted octanol–water partition coefficient (Wildman–Crippen LogP) is 0.970.